The normalized spacial score (nSPS) is 11.2. The van der Waals surface area contributed by atoms with Crippen LogP contribution >= 0.6 is 35.3 Å². The quantitative estimate of drug-likeness (QED) is 0.374. The number of nitrogens with one attached hydrogen (secondary N) is 2. The molecule has 0 atom stereocenters. The molecule has 0 saturated heterocycles. The van der Waals surface area contributed by atoms with Crippen LogP contribution in [0.25, 0.3) is 0 Å². The minimum absolute atomic E-state index is 0. The Bertz CT molecular complexity index is 679. The molecule has 0 saturated carbocycles. The molecule has 0 spiro atoms. The molecule has 2 rings (SSSR count). The lowest BCUT2D eigenvalue weighted by molar-refractivity contribution is 0.553. The van der Waals surface area contributed by atoms with E-state index in [1.54, 1.807) is 11.3 Å². The number of thiazole rings is 1. The Morgan fingerprint density at radius 2 is 1.88 bits per heavy atom. The number of aromatic nitrogens is 1. The second kappa shape index (κ2) is 10.6. The van der Waals surface area contributed by atoms with Crippen molar-refractivity contribution in [1.29, 1.82) is 0 Å². The van der Waals surface area contributed by atoms with E-state index in [9.17, 15) is 8.78 Å². The second-order valence-electron chi connectivity index (χ2n) is 5.32. The van der Waals surface area contributed by atoms with E-state index in [1.165, 1.54) is 23.1 Å². The van der Waals surface area contributed by atoms with E-state index in [0.29, 0.717) is 25.6 Å². The molecule has 0 aliphatic heterocycles. The number of hydrogen-bond acceptors (Lipinski definition) is 3. The van der Waals surface area contributed by atoms with Gasteiger partial charge in [-0.05, 0) is 39.3 Å². The standard InChI is InChI=1S/C17H22F2N4S.HI/c1-4-20-17(22-10-16-23-11(2)12(3)24-16)21-9-8-13-14(18)6-5-7-15(13)19;/h5-7H,4,8-10H2,1-3H3,(H2,20,21,22);1H. The average Bonchev–Trinajstić information content (AvgIpc) is 2.86. The summed E-state index contributed by atoms with van der Waals surface area (Å²) in [5.74, 6) is -0.431. The second-order valence-corrected chi connectivity index (χ2v) is 6.61. The van der Waals surface area contributed by atoms with Gasteiger partial charge in [-0.3, -0.25) is 0 Å². The summed E-state index contributed by atoms with van der Waals surface area (Å²) >= 11 is 1.63. The molecule has 2 aromatic rings. The maximum absolute atomic E-state index is 13.6. The summed E-state index contributed by atoms with van der Waals surface area (Å²) in [6.07, 6.45) is 0.248. The van der Waals surface area contributed by atoms with Gasteiger partial charge in [-0.2, -0.15) is 0 Å². The van der Waals surface area contributed by atoms with Crippen molar-refractivity contribution in [3.05, 3.63) is 51.0 Å². The van der Waals surface area contributed by atoms with E-state index >= 15 is 0 Å². The highest BCUT2D eigenvalue weighted by atomic mass is 127. The molecule has 1 aromatic heterocycles. The molecule has 2 N–H and O–H groups in total. The Labute approximate surface area is 168 Å². The van der Waals surface area contributed by atoms with Gasteiger partial charge in [-0.15, -0.1) is 35.3 Å². The lowest BCUT2D eigenvalue weighted by Gasteiger charge is -2.11. The Morgan fingerprint density at radius 3 is 2.44 bits per heavy atom. The molecule has 25 heavy (non-hydrogen) atoms. The molecule has 0 amide bonds. The zero-order valence-corrected chi connectivity index (χ0v) is 17.7. The maximum atomic E-state index is 13.6. The van der Waals surface area contributed by atoms with Crippen LogP contribution in [0.15, 0.2) is 23.2 Å². The largest absolute Gasteiger partial charge is 0.357 e. The third-order valence-electron chi connectivity index (χ3n) is 3.52. The summed E-state index contributed by atoms with van der Waals surface area (Å²) in [6, 6.07) is 3.90. The van der Waals surface area contributed by atoms with Gasteiger partial charge in [0, 0.05) is 23.5 Å². The summed E-state index contributed by atoms with van der Waals surface area (Å²) in [5.41, 5.74) is 1.12. The van der Waals surface area contributed by atoms with Gasteiger partial charge in [0.25, 0.3) is 0 Å². The molecule has 0 bridgehead atoms. The van der Waals surface area contributed by atoms with Crippen LogP contribution in [0.2, 0.25) is 0 Å². The van der Waals surface area contributed by atoms with Crippen molar-refractivity contribution in [3.63, 3.8) is 0 Å². The topological polar surface area (TPSA) is 49.3 Å². The SMILES string of the molecule is CCNC(=NCc1nc(C)c(C)s1)NCCc1c(F)cccc1F.I. The molecule has 0 radical (unpaired) electrons. The molecule has 8 heteroatoms. The van der Waals surface area contributed by atoms with Crippen molar-refractivity contribution in [1.82, 2.24) is 15.6 Å². The molecule has 0 aliphatic rings. The number of benzene rings is 1. The molecule has 0 aliphatic carbocycles. The highest BCUT2D eigenvalue weighted by molar-refractivity contribution is 14.0. The smallest absolute Gasteiger partial charge is 0.191 e. The Hall–Kier alpha value is -1.29. The number of aliphatic imine (C=N–C) groups is 1. The number of guanidine groups is 1. The molecular weight excluding hydrogens is 457 g/mol. The molecule has 1 aromatic carbocycles. The van der Waals surface area contributed by atoms with Gasteiger partial charge < -0.3 is 10.6 Å². The minimum atomic E-state index is -0.521. The van der Waals surface area contributed by atoms with Gasteiger partial charge in [0.1, 0.15) is 16.6 Å². The third kappa shape index (κ3) is 6.50. The first-order valence-corrected chi connectivity index (χ1v) is 8.71. The van der Waals surface area contributed by atoms with E-state index in [2.05, 4.69) is 20.6 Å². The fraction of sp³-hybridized carbons (Fsp3) is 0.412. The summed E-state index contributed by atoms with van der Waals surface area (Å²) in [5, 5.41) is 7.16. The number of aryl methyl sites for hydroxylation is 2. The van der Waals surface area contributed by atoms with Crippen LogP contribution in [-0.4, -0.2) is 24.0 Å². The minimum Gasteiger partial charge on any atom is -0.357 e. The summed E-state index contributed by atoms with van der Waals surface area (Å²) < 4.78 is 27.2. The van der Waals surface area contributed by atoms with Crippen molar-refractivity contribution in [3.8, 4) is 0 Å². The van der Waals surface area contributed by atoms with E-state index in [4.69, 9.17) is 0 Å². The Kier molecular flexibility index (Phi) is 9.26. The lowest BCUT2D eigenvalue weighted by atomic mass is 10.1. The van der Waals surface area contributed by atoms with Crippen LogP contribution in [-0.2, 0) is 13.0 Å². The first-order valence-electron chi connectivity index (χ1n) is 7.89. The zero-order valence-electron chi connectivity index (χ0n) is 14.5. The first-order chi connectivity index (χ1) is 11.5. The molecule has 0 fully saturated rings. The van der Waals surface area contributed by atoms with Crippen LogP contribution in [0.3, 0.4) is 0 Å². The van der Waals surface area contributed by atoms with Crippen LogP contribution in [0.4, 0.5) is 8.78 Å². The van der Waals surface area contributed by atoms with Crippen LogP contribution in [0.1, 0.15) is 28.1 Å². The van der Waals surface area contributed by atoms with Gasteiger partial charge in [0.15, 0.2) is 5.96 Å². The summed E-state index contributed by atoms with van der Waals surface area (Å²) in [7, 11) is 0. The molecule has 4 nitrogen and oxygen atoms in total. The van der Waals surface area contributed by atoms with E-state index in [-0.39, 0.29) is 36.0 Å². The molecule has 0 unspecified atom stereocenters. The van der Waals surface area contributed by atoms with Crippen LogP contribution < -0.4 is 10.6 Å². The van der Waals surface area contributed by atoms with E-state index in [0.717, 1.165) is 10.7 Å². The van der Waals surface area contributed by atoms with Gasteiger partial charge in [0.05, 0.1) is 12.2 Å². The van der Waals surface area contributed by atoms with Gasteiger partial charge in [0.2, 0.25) is 0 Å². The molecular formula is C17H23F2IN4S. The first kappa shape index (κ1) is 21.8. The monoisotopic (exact) mass is 480 g/mol. The zero-order chi connectivity index (χ0) is 17.5. The van der Waals surface area contributed by atoms with Gasteiger partial charge in [-0.1, -0.05) is 6.07 Å². The fourth-order valence-corrected chi connectivity index (χ4v) is 3.03. The van der Waals surface area contributed by atoms with E-state index < -0.39 is 11.6 Å². The van der Waals surface area contributed by atoms with Gasteiger partial charge >= 0.3 is 0 Å². The number of halogens is 3. The van der Waals surface area contributed by atoms with Crippen LogP contribution in [0, 0.1) is 25.5 Å². The van der Waals surface area contributed by atoms with Crippen molar-refractivity contribution in [2.24, 2.45) is 4.99 Å². The fourth-order valence-electron chi connectivity index (χ4n) is 2.17. The lowest BCUT2D eigenvalue weighted by Crippen LogP contribution is -2.38. The summed E-state index contributed by atoms with van der Waals surface area (Å²) in [6.45, 7) is 7.54. The number of nitrogens with zero attached hydrogens (tertiary/aromatic N) is 2. The number of rotatable bonds is 6. The molecule has 138 valence electrons. The Morgan fingerprint density at radius 1 is 1.20 bits per heavy atom. The molecule has 1 heterocycles. The van der Waals surface area contributed by atoms with Crippen molar-refractivity contribution in [2.45, 2.75) is 33.7 Å². The van der Waals surface area contributed by atoms with Gasteiger partial charge in [-0.25, -0.2) is 18.8 Å². The highest BCUT2D eigenvalue weighted by Gasteiger charge is 2.08. The predicted octanol–water partition coefficient (Wildman–Crippen LogP) is 3.95. The summed E-state index contributed by atoms with van der Waals surface area (Å²) in [4.78, 5) is 10.1. The number of hydrogen-bond donors (Lipinski definition) is 2. The Balaban J connectivity index is 0.00000312. The predicted molar refractivity (Wildman–Crippen MR) is 110 cm³/mol. The van der Waals surface area contributed by atoms with Crippen molar-refractivity contribution < 1.29 is 8.78 Å². The van der Waals surface area contributed by atoms with Crippen LogP contribution in [0.5, 0.6) is 0 Å². The average molecular weight is 480 g/mol. The maximum Gasteiger partial charge on any atom is 0.191 e. The highest BCUT2D eigenvalue weighted by Crippen LogP contribution is 2.17. The van der Waals surface area contributed by atoms with Crippen molar-refractivity contribution in [2.75, 3.05) is 13.1 Å². The van der Waals surface area contributed by atoms with E-state index in [1.807, 2.05) is 20.8 Å². The third-order valence-corrected chi connectivity index (χ3v) is 4.58. The van der Waals surface area contributed by atoms with Crippen molar-refractivity contribution >= 4 is 41.3 Å².